The van der Waals surface area contributed by atoms with E-state index in [2.05, 4.69) is 15.5 Å². The van der Waals surface area contributed by atoms with Crippen LogP contribution in [0.1, 0.15) is 0 Å². The normalized spacial score (nSPS) is 11.0. The van der Waals surface area contributed by atoms with Gasteiger partial charge >= 0.3 is 5.69 Å². The molecule has 2 aromatic rings. The summed E-state index contributed by atoms with van der Waals surface area (Å²) in [6.07, 6.45) is 0. The number of aliphatic hydroxyl groups is 2. The van der Waals surface area contributed by atoms with E-state index in [-0.39, 0.29) is 17.1 Å². The molecule has 14 nitrogen and oxygen atoms in total. The number of nitrogens with zero attached hydrogens (tertiary/aromatic N) is 5. The van der Waals surface area contributed by atoms with Crippen molar-refractivity contribution in [3.8, 4) is 0 Å². The summed E-state index contributed by atoms with van der Waals surface area (Å²) in [5.74, 6) is 0. The monoisotopic (exact) mass is 406 g/mol. The highest BCUT2D eigenvalue weighted by Gasteiger charge is 2.20. The van der Waals surface area contributed by atoms with E-state index < -0.39 is 51.1 Å². The van der Waals surface area contributed by atoms with Gasteiger partial charge in [-0.05, 0) is 18.2 Å². The molecule has 0 aromatic heterocycles. The predicted molar refractivity (Wildman–Crippen MR) is 98.6 cm³/mol. The Morgan fingerprint density at radius 1 is 0.862 bits per heavy atom. The van der Waals surface area contributed by atoms with E-state index in [0.717, 1.165) is 24.3 Å². The van der Waals surface area contributed by atoms with Crippen molar-refractivity contribution in [3.63, 3.8) is 0 Å². The second kappa shape index (κ2) is 9.25. The number of nitrogens with one attached hydrogen (secondary N) is 1. The molecule has 0 amide bonds. The standard InChI is InChI=1S/C15H14N6O8/c22-7-10(8-23)16-12-3-1-9(5-14(12)20(26)27)17-18-13-4-2-11(19(24)25)6-15(13)21(28)29/h1-6,10,16,22-23H,7-8H2. The van der Waals surface area contributed by atoms with Gasteiger partial charge in [-0.3, -0.25) is 30.3 Å². The molecule has 0 bridgehead atoms. The lowest BCUT2D eigenvalue weighted by Crippen LogP contribution is -2.27. The quantitative estimate of drug-likeness (QED) is 0.317. The molecule has 3 N–H and O–H groups in total. The topological polar surface area (TPSA) is 207 Å². The summed E-state index contributed by atoms with van der Waals surface area (Å²) in [5.41, 5.74) is -1.84. The van der Waals surface area contributed by atoms with Crippen molar-refractivity contribution in [2.24, 2.45) is 10.2 Å². The lowest BCUT2D eigenvalue weighted by molar-refractivity contribution is -0.393. The average molecular weight is 406 g/mol. The third-order valence-electron chi connectivity index (χ3n) is 3.62. The highest BCUT2D eigenvalue weighted by atomic mass is 16.6. The number of hydrogen-bond donors (Lipinski definition) is 3. The molecule has 152 valence electrons. The van der Waals surface area contributed by atoms with Crippen LogP contribution in [-0.4, -0.2) is 44.2 Å². The Balaban J connectivity index is 2.38. The summed E-state index contributed by atoms with van der Waals surface area (Å²) >= 11 is 0. The molecule has 14 heteroatoms. The zero-order valence-electron chi connectivity index (χ0n) is 14.5. The Morgan fingerprint density at radius 2 is 1.52 bits per heavy atom. The lowest BCUT2D eigenvalue weighted by atomic mass is 10.2. The van der Waals surface area contributed by atoms with Gasteiger partial charge in [-0.1, -0.05) is 0 Å². The van der Waals surface area contributed by atoms with Crippen molar-refractivity contribution in [2.75, 3.05) is 18.5 Å². The third-order valence-corrected chi connectivity index (χ3v) is 3.62. The van der Waals surface area contributed by atoms with Gasteiger partial charge in [0, 0.05) is 12.1 Å². The van der Waals surface area contributed by atoms with Gasteiger partial charge in [0.25, 0.3) is 11.4 Å². The predicted octanol–water partition coefficient (Wildman–Crippen LogP) is 2.59. The second-order valence-electron chi connectivity index (χ2n) is 5.55. The van der Waals surface area contributed by atoms with Gasteiger partial charge in [0.15, 0.2) is 5.69 Å². The molecule has 2 rings (SSSR count). The molecule has 0 aliphatic carbocycles. The minimum absolute atomic E-state index is 0.0144. The maximum atomic E-state index is 11.3. The highest BCUT2D eigenvalue weighted by molar-refractivity contribution is 5.67. The van der Waals surface area contributed by atoms with Crippen molar-refractivity contribution in [2.45, 2.75) is 6.04 Å². The third kappa shape index (κ3) is 5.24. The summed E-state index contributed by atoms with van der Waals surface area (Å²) in [7, 11) is 0. The van der Waals surface area contributed by atoms with E-state index in [1.54, 1.807) is 0 Å². The minimum atomic E-state index is -0.860. The molecule has 29 heavy (non-hydrogen) atoms. The first-order chi connectivity index (χ1) is 13.8. The summed E-state index contributed by atoms with van der Waals surface area (Å²) in [6, 6.07) is 5.60. The van der Waals surface area contributed by atoms with Gasteiger partial charge in [-0.15, -0.1) is 5.11 Å². The average Bonchev–Trinajstić information content (AvgIpc) is 2.70. The van der Waals surface area contributed by atoms with E-state index in [1.807, 2.05) is 0 Å². The van der Waals surface area contributed by atoms with E-state index >= 15 is 0 Å². The van der Waals surface area contributed by atoms with Crippen LogP contribution in [0.4, 0.5) is 34.1 Å². The first-order valence-corrected chi connectivity index (χ1v) is 7.88. The molecule has 0 aliphatic rings. The summed E-state index contributed by atoms with van der Waals surface area (Å²) < 4.78 is 0. The Labute approximate surface area is 161 Å². The number of azo groups is 1. The fourth-order valence-electron chi connectivity index (χ4n) is 2.19. The number of non-ortho nitro benzene ring substituents is 1. The number of aliphatic hydroxyl groups excluding tert-OH is 2. The minimum Gasteiger partial charge on any atom is -0.394 e. The van der Waals surface area contributed by atoms with Crippen LogP contribution in [0.3, 0.4) is 0 Å². The number of nitro benzene ring substituents is 3. The zero-order valence-corrected chi connectivity index (χ0v) is 14.5. The van der Waals surface area contributed by atoms with Crippen LogP contribution in [0.5, 0.6) is 0 Å². The van der Waals surface area contributed by atoms with Crippen LogP contribution in [0.2, 0.25) is 0 Å². The molecule has 0 spiro atoms. The van der Waals surface area contributed by atoms with Gasteiger partial charge in [-0.2, -0.15) is 5.11 Å². The first-order valence-electron chi connectivity index (χ1n) is 7.88. The molecule has 2 aromatic carbocycles. The van der Waals surface area contributed by atoms with Crippen LogP contribution in [-0.2, 0) is 0 Å². The molecule has 0 saturated carbocycles. The van der Waals surface area contributed by atoms with Gasteiger partial charge in [-0.25, -0.2) is 0 Å². The van der Waals surface area contributed by atoms with E-state index in [9.17, 15) is 30.3 Å². The molecule has 0 unspecified atom stereocenters. The molecule has 0 atom stereocenters. The van der Waals surface area contributed by atoms with Crippen LogP contribution in [0.15, 0.2) is 46.6 Å². The molecule has 0 aliphatic heterocycles. The van der Waals surface area contributed by atoms with Crippen LogP contribution >= 0.6 is 0 Å². The number of rotatable bonds is 9. The molecule has 0 radical (unpaired) electrons. The van der Waals surface area contributed by atoms with Gasteiger partial charge in [0.2, 0.25) is 0 Å². The maximum Gasteiger partial charge on any atom is 0.303 e. The summed E-state index contributed by atoms with van der Waals surface area (Å²) in [5, 5.41) is 61.3. The SMILES string of the molecule is O=[N+]([O-])c1ccc(N=Nc2ccc(NC(CO)CO)c([N+](=O)[O-])c2)c([N+](=O)[O-])c1. The fourth-order valence-corrected chi connectivity index (χ4v) is 2.19. The van der Waals surface area contributed by atoms with E-state index in [4.69, 9.17) is 10.2 Å². The molecule has 0 saturated heterocycles. The van der Waals surface area contributed by atoms with Crippen LogP contribution in [0.25, 0.3) is 0 Å². The zero-order chi connectivity index (χ0) is 21.6. The van der Waals surface area contributed by atoms with Crippen LogP contribution in [0, 0.1) is 30.3 Å². The number of nitro groups is 3. The number of hydrogen-bond acceptors (Lipinski definition) is 11. The number of benzene rings is 2. The van der Waals surface area contributed by atoms with Gasteiger partial charge in [0.05, 0.1) is 45.8 Å². The van der Waals surface area contributed by atoms with Crippen molar-refractivity contribution >= 4 is 34.1 Å². The molecule has 0 fully saturated rings. The molecule has 0 heterocycles. The molecular weight excluding hydrogens is 392 g/mol. The van der Waals surface area contributed by atoms with Crippen molar-refractivity contribution in [3.05, 3.63) is 66.7 Å². The van der Waals surface area contributed by atoms with E-state index in [1.165, 1.54) is 12.1 Å². The Kier molecular flexibility index (Phi) is 6.78. The van der Waals surface area contributed by atoms with Crippen molar-refractivity contribution in [1.29, 1.82) is 0 Å². The summed E-state index contributed by atoms with van der Waals surface area (Å²) in [4.78, 5) is 30.7. The van der Waals surface area contributed by atoms with Crippen molar-refractivity contribution < 1.29 is 25.0 Å². The van der Waals surface area contributed by atoms with Crippen molar-refractivity contribution in [1.82, 2.24) is 0 Å². The smallest absolute Gasteiger partial charge is 0.303 e. The fraction of sp³-hybridized carbons (Fsp3) is 0.200. The largest absolute Gasteiger partial charge is 0.394 e. The van der Waals surface area contributed by atoms with Gasteiger partial charge in [0.1, 0.15) is 5.69 Å². The lowest BCUT2D eigenvalue weighted by Gasteiger charge is -2.14. The Hall–Kier alpha value is -4.04. The van der Waals surface area contributed by atoms with E-state index in [0.29, 0.717) is 0 Å². The summed E-state index contributed by atoms with van der Waals surface area (Å²) in [6.45, 7) is -0.919. The first kappa shape index (κ1) is 21.3. The highest BCUT2D eigenvalue weighted by Crippen LogP contribution is 2.34. The second-order valence-corrected chi connectivity index (χ2v) is 5.55. The van der Waals surface area contributed by atoms with Crippen LogP contribution < -0.4 is 5.32 Å². The molecular formula is C15H14N6O8. The number of anilines is 1. The van der Waals surface area contributed by atoms with Gasteiger partial charge < -0.3 is 15.5 Å². The maximum absolute atomic E-state index is 11.3. The Bertz CT molecular complexity index is 975. The Morgan fingerprint density at radius 3 is 2.07 bits per heavy atom.